The third-order valence-corrected chi connectivity index (χ3v) is 4.96. The maximum Gasteiger partial charge on any atom is 0.224 e. The van der Waals surface area contributed by atoms with E-state index in [0.717, 1.165) is 33.4 Å². The van der Waals surface area contributed by atoms with Crippen molar-refractivity contribution >= 4 is 34.4 Å². The Balaban J connectivity index is 1.60. The molecule has 3 aromatic rings. The van der Waals surface area contributed by atoms with E-state index >= 15 is 0 Å². The molecular weight excluding hydrogens is 336 g/mol. The molecule has 7 heteroatoms. The molecule has 0 spiro atoms. The van der Waals surface area contributed by atoms with Gasteiger partial charge in [0, 0.05) is 40.4 Å². The quantitative estimate of drug-likeness (QED) is 0.668. The van der Waals surface area contributed by atoms with Crippen LogP contribution in [0.4, 0.5) is 0 Å². The molecule has 6 nitrogen and oxygen atoms in total. The van der Waals surface area contributed by atoms with Gasteiger partial charge in [-0.1, -0.05) is 25.6 Å². The summed E-state index contributed by atoms with van der Waals surface area (Å²) in [5, 5.41) is 9.37. The van der Waals surface area contributed by atoms with Crippen molar-refractivity contribution in [1.82, 2.24) is 20.6 Å². The van der Waals surface area contributed by atoms with E-state index in [0.29, 0.717) is 0 Å². The molecule has 0 saturated carbocycles. The molecule has 0 fully saturated rings. The first-order valence-corrected chi connectivity index (χ1v) is 8.99. The van der Waals surface area contributed by atoms with Crippen LogP contribution in [-0.4, -0.2) is 21.4 Å². The van der Waals surface area contributed by atoms with E-state index in [9.17, 15) is 4.79 Å². The molecule has 25 heavy (non-hydrogen) atoms. The molecule has 0 aliphatic carbocycles. The average molecular weight is 354 g/mol. The lowest BCUT2D eigenvalue weighted by Crippen LogP contribution is -2.41. The number of nitrogens with one attached hydrogen (secondary N) is 3. The van der Waals surface area contributed by atoms with E-state index in [1.165, 1.54) is 0 Å². The fourth-order valence-corrected chi connectivity index (χ4v) is 3.51. The Kier molecular flexibility index (Phi) is 4.01. The second-order valence-corrected chi connectivity index (χ2v) is 7.17. The molecule has 1 amide bonds. The van der Waals surface area contributed by atoms with Gasteiger partial charge in [0.05, 0.1) is 18.2 Å². The van der Waals surface area contributed by atoms with Gasteiger partial charge in [0.25, 0.3) is 0 Å². The van der Waals surface area contributed by atoms with E-state index in [4.69, 9.17) is 4.42 Å². The first-order chi connectivity index (χ1) is 12.1. The molecule has 1 aliphatic heterocycles. The van der Waals surface area contributed by atoms with Gasteiger partial charge in [0.1, 0.15) is 5.65 Å². The number of H-pyrrole nitrogens is 1. The minimum Gasteiger partial charge on any atom is -0.472 e. The van der Waals surface area contributed by atoms with Crippen LogP contribution in [0.15, 0.2) is 46.9 Å². The number of nitrogens with zero attached hydrogens (tertiary/aromatic N) is 1. The van der Waals surface area contributed by atoms with E-state index in [-0.39, 0.29) is 17.3 Å². The molecule has 4 rings (SSSR count). The van der Waals surface area contributed by atoms with Gasteiger partial charge in [-0.2, -0.15) is 0 Å². The van der Waals surface area contributed by atoms with Crippen LogP contribution in [0.2, 0.25) is 0 Å². The van der Waals surface area contributed by atoms with Crippen molar-refractivity contribution in [3.8, 4) is 11.1 Å². The number of pyridine rings is 1. The van der Waals surface area contributed by atoms with Gasteiger partial charge in [0.2, 0.25) is 5.91 Å². The Hall–Kier alpha value is -2.67. The molecule has 3 N–H and O–H groups in total. The van der Waals surface area contributed by atoms with Crippen LogP contribution in [0, 0.1) is 5.92 Å². The van der Waals surface area contributed by atoms with Crippen LogP contribution in [0.25, 0.3) is 27.9 Å². The van der Waals surface area contributed by atoms with Crippen LogP contribution in [0.5, 0.6) is 0 Å². The fourth-order valence-electron chi connectivity index (χ4n) is 2.67. The van der Waals surface area contributed by atoms with Crippen LogP contribution < -0.4 is 10.6 Å². The molecule has 4 heterocycles. The second kappa shape index (κ2) is 6.33. The number of hydrogen-bond donors (Lipinski definition) is 3. The van der Waals surface area contributed by atoms with E-state index in [2.05, 4.69) is 26.7 Å². The topological polar surface area (TPSA) is 83.0 Å². The Morgan fingerprint density at radius 1 is 1.40 bits per heavy atom. The monoisotopic (exact) mass is 354 g/mol. The summed E-state index contributed by atoms with van der Waals surface area (Å²) in [6, 6.07) is 4.00. The summed E-state index contributed by atoms with van der Waals surface area (Å²) in [6.45, 7) is 3.76. The van der Waals surface area contributed by atoms with Gasteiger partial charge in [0.15, 0.2) is 5.50 Å². The first kappa shape index (κ1) is 15.8. The molecule has 1 atom stereocenters. The maximum atomic E-state index is 11.9. The van der Waals surface area contributed by atoms with Crippen molar-refractivity contribution in [2.24, 2.45) is 5.92 Å². The number of carbonyl (C=O) groups excluding carboxylic acids is 1. The van der Waals surface area contributed by atoms with Gasteiger partial charge in [-0.15, -0.1) is 0 Å². The summed E-state index contributed by atoms with van der Waals surface area (Å²) in [5.41, 5.74) is 4.66. The van der Waals surface area contributed by atoms with E-state index < -0.39 is 0 Å². The summed E-state index contributed by atoms with van der Waals surface area (Å²) in [6.07, 6.45) is 7.11. The van der Waals surface area contributed by atoms with Crippen molar-refractivity contribution in [2.75, 3.05) is 0 Å². The molecule has 128 valence electrons. The first-order valence-electron chi connectivity index (χ1n) is 8.04. The largest absolute Gasteiger partial charge is 0.472 e. The highest BCUT2D eigenvalue weighted by atomic mass is 32.2. The zero-order chi connectivity index (χ0) is 17.4. The number of hydrogen-bond acceptors (Lipinski definition) is 5. The van der Waals surface area contributed by atoms with Crippen LogP contribution >= 0.6 is 11.8 Å². The Labute approximate surface area is 149 Å². The molecule has 0 saturated heterocycles. The van der Waals surface area contributed by atoms with Crippen molar-refractivity contribution < 1.29 is 9.21 Å². The van der Waals surface area contributed by atoms with Crippen LogP contribution in [0.1, 0.15) is 19.4 Å². The lowest BCUT2D eigenvalue weighted by Gasteiger charge is -2.16. The van der Waals surface area contributed by atoms with Gasteiger partial charge in [-0.05, 0) is 17.5 Å². The number of aromatic nitrogens is 2. The molecular formula is C18H18N4O2S. The summed E-state index contributed by atoms with van der Waals surface area (Å²) >= 11 is 1.55. The number of rotatable bonds is 4. The predicted octanol–water partition coefficient (Wildman–Crippen LogP) is 3.51. The van der Waals surface area contributed by atoms with Crippen LogP contribution in [0.3, 0.4) is 0 Å². The Morgan fingerprint density at radius 3 is 3.04 bits per heavy atom. The minimum absolute atomic E-state index is 0.0301. The molecule has 1 unspecified atom stereocenters. The van der Waals surface area contributed by atoms with E-state index in [1.54, 1.807) is 24.3 Å². The number of amides is 1. The maximum absolute atomic E-state index is 11.9. The normalized spacial score (nSPS) is 16.9. The minimum atomic E-state index is -0.153. The molecule has 1 aliphatic rings. The fraction of sp³-hybridized carbons (Fsp3) is 0.222. The molecule has 3 aromatic heterocycles. The summed E-state index contributed by atoms with van der Waals surface area (Å²) in [4.78, 5) is 19.6. The third kappa shape index (κ3) is 3.02. The number of aromatic amines is 1. The van der Waals surface area contributed by atoms with Crippen molar-refractivity contribution in [1.29, 1.82) is 0 Å². The highest BCUT2D eigenvalue weighted by Crippen LogP contribution is 2.32. The Bertz CT molecular complexity index is 943. The standard InChI is InChI=1S/C18H18N4O2S/c1-10(2)17(23)22-18-21-15(9-25-18)14-7-20-16-13(14)5-12(6-19-16)11-3-4-24-8-11/h3-10,18,21H,1-2H3,(H,19,20)(H,22,23). The highest BCUT2D eigenvalue weighted by Gasteiger charge is 2.22. The summed E-state index contributed by atoms with van der Waals surface area (Å²) in [5.74, 6) is -0.0104. The molecule has 0 radical (unpaired) electrons. The van der Waals surface area contributed by atoms with Gasteiger partial charge in [-0.25, -0.2) is 4.98 Å². The van der Waals surface area contributed by atoms with Gasteiger partial charge in [-0.3, -0.25) is 4.79 Å². The summed E-state index contributed by atoms with van der Waals surface area (Å²) in [7, 11) is 0. The third-order valence-electron chi connectivity index (χ3n) is 4.08. The van der Waals surface area contributed by atoms with Gasteiger partial charge >= 0.3 is 0 Å². The van der Waals surface area contributed by atoms with Gasteiger partial charge < -0.3 is 20.0 Å². The summed E-state index contributed by atoms with van der Waals surface area (Å²) < 4.78 is 5.16. The number of carbonyl (C=O) groups is 1. The lowest BCUT2D eigenvalue weighted by atomic mass is 10.1. The van der Waals surface area contributed by atoms with E-state index in [1.807, 2.05) is 37.7 Å². The SMILES string of the molecule is CC(C)C(=O)NC1NC(c2c[nH]c3ncc(-c4ccoc4)cc23)=CS1. The number of furan rings is 1. The Morgan fingerprint density at radius 2 is 2.28 bits per heavy atom. The average Bonchev–Trinajstić information content (AvgIpc) is 3.34. The lowest BCUT2D eigenvalue weighted by molar-refractivity contribution is -0.124. The molecule has 0 bridgehead atoms. The smallest absolute Gasteiger partial charge is 0.224 e. The van der Waals surface area contributed by atoms with Crippen molar-refractivity contribution in [3.63, 3.8) is 0 Å². The predicted molar refractivity (Wildman–Crippen MR) is 99.3 cm³/mol. The highest BCUT2D eigenvalue weighted by molar-refractivity contribution is 8.03. The number of thioether (sulfide) groups is 1. The zero-order valence-corrected chi connectivity index (χ0v) is 14.7. The molecule has 0 aromatic carbocycles. The second-order valence-electron chi connectivity index (χ2n) is 6.19. The number of fused-ring (bicyclic) bond motifs is 1. The van der Waals surface area contributed by atoms with Crippen molar-refractivity contribution in [3.05, 3.63) is 48.0 Å². The van der Waals surface area contributed by atoms with Crippen LogP contribution in [-0.2, 0) is 4.79 Å². The zero-order valence-electron chi connectivity index (χ0n) is 13.9. The van der Waals surface area contributed by atoms with Crippen molar-refractivity contribution in [2.45, 2.75) is 19.3 Å².